The third kappa shape index (κ3) is 3.18. The SMILES string of the molecule is CCn1c(-c2ccc(NC)cc2)c(C#N)c2ccc(OC(F)(F)F)cc21. The number of ether oxygens (including phenoxy) is 1. The van der Waals surface area contributed by atoms with Gasteiger partial charge in [0, 0.05) is 30.7 Å². The van der Waals surface area contributed by atoms with Gasteiger partial charge in [-0.1, -0.05) is 12.1 Å². The van der Waals surface area contributed by atoms with Crippen LogP contribution in [0.1, 0.15) is 12.5 Å². The van der Waals surface area contributed by atoms with Gasteiger partial charge < -0.3 is 14.6 Å². The molecule has 0 fully saturated rings. The minimum Gasteiger partial charge on any atom is -0.406 e. The summed E-state index contributed by atoms with van der Waals surface area (Å²) in [7, 11) is 1.81. The van der Waals surface area contributed by atoms with Crippen LogP contribution < -0.4 is 10.1 Å². The van der Waals surface area contributed by atoms with Crippen molar-refractivity contribution in [1.82, 2.24) is 4.57 Å². The van der Waals surface area contributed by atoms with Crippen LogP contribution in [0.5, 0.6) is 5.75 Å². The lowest BCUT2D eigenvalue weighted by Crippen LogP contribution is -2.17. The van der Waals surface area contributed by atoms with Gasteiger partial charge >= 0.3 is 6.36 Å². The number of hydrogen-bond donors (Lipinski definition) is 1. The summed E-state index contributed by atoms with van der Waals surface area (Å²) >= 11 is 0. The number of nitrogens with one attached hydrogen (secondary N) is 1. The van der Waals surface area contributed by atoms with E-state index in [-0.39, 0.29) is 5.75 Å². The van der Waals surface area contributed by atoms with E-state index in [9.17, 15) is 18.4 Å². The topological polar surface area (TPSA) is 50.0 Å². The minimum atomic E-state index is -4.76. The third-order valence-electron chi connectivity index (χ3n) is 4.14. The first-order valence-corrected chi connectivity index (χ1v) is 7.98. The Morgan fingerprint density at radius 1 is 1.15 bits per heavy atom. The standard InChI is InChI=1S/C19H16F3N3O/c1-3-25-17-10-14(26-19(20,21)22)8-9-15(17)16(11-23)18(25)12-4-6-13(24-2)7-5-12/h4-10,24H,3H2,1-2H3. The molecule has 0 radical (unpaired) electrons. The number of aromatic nitrogens is 1. The zero-order chi connectivity index (χ0) is 18.9. The summed E-state index contributed by atoms with van der Waals surface area (Å²) < 4.78 is 43.4. The molecule has 7 heteroatoms. The van der Waals surface area contributed by atoms with Gasteiger partial charge in [-0.3, -0.25) is 0 Å². The molecule has 0 saturated heterocycles. The van der Waals surface area contributed by atoms with Crippen LogP contribution in [0, 0.1) is 11.3 Å². The van der Waals surface area contributed by atoms with E-state index in [1.54, 1.807) is 7.05 Å². The number of benzene rings is 2. The average molecular weight is 359 g/mol. The first kappa shape index (κ1) is 17.7. The molecular formula is C19H16F3N3O. The molecule has 0 bridgehead atoms. The Hall–Kier alpha value is -3.14. The highest BCUT2D eigenvalue weighted by atomic mass is 19.4. The van der Waals surface area contributed by atoms with Gasteiger partial charge in [0.2, 0.25) is 0 Å². The van der Waals surface area contributed by atoms with Gasteiger partial charge in [-0.25, -0.2) is 0 Å². The van der Waals surface area contributed by atoms with Crippen molar-refractivity contribution < 1.29 is 17.9 Å². The summed E-state index contributed by atoms with van der Waals surface area (Å²) in [6, 6.07) is 13.7. The molecule has 0 aliphatic heterocycles. The summed E-state index contributed by atoms with van der Waals surface area (Å²) in [6.45, 7) is 2.38. The molecule has 3 rings (SSSR count). The number of hydrogen-bond acceptors (Lipinski definition) is 3. The summed E-state index contributed by atoms with van der Waals surface area (Å²) in [4.78, 5) is 0. The first-order valence-electron chi connectivity index (χ1n) is 7.98. The van der Waals surface area contributed by atoms with Crippen LogP contribution in [0.3, 0.4) is 0 Å². The van der Waals surface area contributed by atoms with Crippen molar-refractivity contribution >= 4 is 16.6 Å². The number of anilines is 1. The number of alkyl halides is 3. The normalized spacial score (nSPS) is 11.4. The number of halogens is 3. The highest BCUT2D eigenvalue weighted by Gasteiger charge is 2.31. The molecule has 0 spiro atoms. The Kier molecular flexibility index (Phi) is 4.51. The molecule has 0 amide bonds. The maximum Gasteiger partial charge on any atom is 0.573 e. The second-order valence-electron chi connectivity index (χ2n) is 5.63. The van der Waals surface area contributed by atoms with E-state index in [1.807, 2.05) is 35.8 Å². The van der Waals surface area contributed by atoms with Crippen LogP contribution in [0.2, 0.25) is 0 Å². The van der Waals surface area contributed by atoms with Gasteiger partial charge in [-0.2, -0.15) is 5.26 Å². The van der Waals surface area contributed by atoms with E-state index in [2.05, 4.69) is 16.1 Å². The molecule has 0 saturated carbocycles. The Morgan fingerprint density at radius 3 is 2.38 bits per heavy atom. The second kappa shape index (κ2) is 6.64. The number of nitrogens with zero attached hydrogens (tertiary/aromatic N) is 2. The molecule has 2 aromatic carbocycles. The van der Waals surface area contributed by atoms with E-state index >= 15 is 0 Å². The van der Waals surface area contributed by atoms with Crippen molar-refractivity contribution in [2.75, 3.05) is 12.4 Å². The fraction of sp³-hybridized carbons (Fsp3) is 0.211. The van der Waals surface area contributed by atoms with E-state index in [1.165, 1.54) is 18.2 Å². The van der Waals surface area contributed by atoms with Gasteiger partial charge in [-0.05, 0) is 36.8 Å². The average Bonchev–Trinajstić information content (AvgIpc) is 2.93. The molecule has 1 N–H and O–H groups in total. The van der Waals surface area contributed by atoms with Crippen molar-refractivity contribution in [3.05, 3.63) is 48.0 Å². The monoisotopic (exact) mass is 359 g/mol. The highest BCUT2D eigenvalue weighted by molar-refractivity contribution is 5.95. The molecule has 26 heavy (non-hydrogen) atoms. The lowest BCUT2D eigenvalue weighted by atomic mass is 10.1. The van der Waals surface area contributed by atoms with Crippen molar-refractivity contribution in [2.45, 2.75) is 19.8 Å². The van der Waals surface area contributed by atoms with E-state index in [0.29, 0.717) is 28.7 Å². The van der Waals surface area contributed by atoms with Crippen LogP contribution >= 0.6 is 0 Å². The molecule has 1 aromatic heterocycles. The summed E-state index contributed by atoms with van der Waals surface area (Å²) in [5, 5.41) is 13.3. The van der Waals surface area contributed by atoms with E-state index < -0.39 is 6.36 Å². The Balaban J connectivity index is 2.23. The van der Waals surface area contributed by atoms with Crippen LogP contribution in [0.4, 0.5) is 18.9 Å². The molecular weight excluding hydrogens is 343 g/mol. The molecule has 0 unspecified atom stereocenters. The predicted octanol–water partition coefficient (Wildman–Crippen LogP) is 5.14. The summed E-state index contributed by atoms with van der Waals surface area (Å²) in [6.07, 6.45) is -4.76. The molecule has 3 aromatic rings. The van der Waals surface area contributed by atoms with Crippen molar-refractivity contribution in [1.29, 1.82) is 5.26 Å². The summed E-state index contributed by atoms with van der Waals surface area (Å²) in [5.74, 6) is -0.307. The fourth-order valence-electron chi connectivity index (χ4n) is 3.06. The molecule has 1 heterocycles. The quantitative estimate of drug-likeness (QED) is 0.702. The Morgan fingerprint density at radius 2 is 1.85 bits per heavy atom. The van der Waals surface area contributed by atoms with Crippen LogP contribution in [-0.2, 0) is 6.54 Å². The highest BCUT2D eigenvalue weighted by Crippen LogP contribution is 2.36. The number of rotatable bonds is 4. The van der Waals surface area contributed by atoms with Gasteiger partial charge in [-0.15, -0.1) is 13.2 Å². The van der Waals surface area contributed by atoms with Crippen LogP contribution in [-0.4, -0.2) is 18.0 Å². The number of fused-ring (bicyclic) bond motifs is 1. The molecule has 0 aliphatic rings. The Labute approximate surface area is 148 Å². The van der Waals surface area contributed by atoms with Crippen molar-refractivity contribution in [2.24, 2.45) is 0 Å². The number of aryl methyl sites for hydroxylation is 1. The third-order valence-corrected chi connectivity index (χ3v) is 4.14. The summed E-state index contributed by atoms with van der Waals surface area (Å²) in [5.41, 5.74) is 3.37. The lowest BCUT2D eigenvalue weighted by molar-refractivity contribution is -0.274. The minimum absolute atomic E-state index is 0.307. The smallest absolute Gasteiger partial charge is 0.406 e. The van der Waals surface area contributed by atoms with Gasteiger partial charge in [0.15, 0.2) is 0 Å². The fourth-order valence-corrected chi connectivity index (χ4v) is 3.06. The first-order chi connectivity index (χ1) is 12.4. The van der Waals surface area contributed by atoms with Gasteiger partial charge in [0.05, 0.1) is 16.8 Å². The van der Waals surface area contributed by atoms with E-state index in [0.717, 1.165) is 11.3 Å². The zero-order valence-corrected chi connectivity index (χ0v) is 14.2. The van der Waals surface area contributed by atoms with Crippen molar-refractivity contribution in [3.63, 3.8) is 0 Å². The molecule has 0 aliphatic carbocycles. The van der Waals surface area contributed by atoms with Gasteiger partial charge in [0.25, 0.3) is 0 Å². The largest absolute Gasteiger partial charge is 0.573 e. The predicted molar refractivity (Wildman–Crippen MR) is 94.0 cm³/mol. The maximum absolute atomic E-state index is 12.5. The second-order valence-corrected chi connectivity index (χ2v) is 5.63. The Bertz CT molecular complexity index is 982. The van der Waals surface area contributed by atoms with Gasteiger partial charge in [0.1, 0.15) is 11.8 Å². The van der Waals surface area contributed by atoms with Crippen LogP contribution in [0.25, 0.3) is 22.2 Å². The van der Waals surface area contributed by atoms with Crippen molar-refractivity contribution in [3.8, 4) is 23.1 Å². The maximum atomic E-state index is 12.5. The molecule has 134 valence electrons. The molecule has 0 atom stereocenters. The lowest BCUT2D eigenvalue weighted by Gasteiger charge is -2.11. The zero-order valence-electron chi connectivity index (χ0n) is 14.2. The van der Waals surface area contributed by atoms with E-state index in [4.69, 9.17) is 0 Å². The number of nitriles is 1. The molecule has 4 nitrogen and oxygen atoms in total. The van der Waals surface area contributed by atoms with Crippen LogP contribution in [0.15, 0.2) is 42.5 Å².